The quantitative estimate of drug-likeness (QED) is 0.640. The Morgan fingerprint density at radius 2 is 2.55 bits per heavy atom. The SMILES string of the molecule is c1nc(Cn2cnnn2)cs1. The molecule has 5 nitrogen and oxygen atoms in total. The van der Waals surface area contributed by atoms with E-state index >= 15 is 0 Å². The van der Waals surface area contributed by atoms with Crippen molar-refractivity contribution in [3.8, 4) is 0 Å². The van der Waals surface area contributed by atoms with Gasteiger partial charge in [-0.2, -0.15) is 0 Å². The second-order valence-electron chi connectivity index (χ2n) is 1.99. The van der Waals surface area contributed by atoms with Crippen molar-refractivity contribution >= 4 is 11.3 Å². The molecule has 0 fully saturated rings. The lowest BCUT2D eigenvalue weighted by atomic mass is 10.5. The van der Waals surface area contributed by atoms with Crippen LogP contribution >= 0.6 is 11.3 Å². The molecule has 2 aromatic rings. The second-order valence-corrected chi connectivity index (χ2v) is 2.71. The van der Waals surface area contributed by atoms with Gasteiger partial charge in [-0.25, -0.2) is 9.67 Å². The number of aromatic nitrogens is 5. The molecule has 2 aromatic heterocycles. The van der Waals surface area contributed by atoms with Gasteiger partial charge >= 0.3 is 0 Å². The molecule has 0 saturated heterocycles. The largest absolute Gasteiger partial charge is 0.248 e. The first-order valence-corrected chi connectivity index (χ1v) is 3.97. The maximum Gasteiger partial charge on any atom is 0.138 e. The van der Waals surface area contributed by atoms with Crippen LogP contribution in [-0.2, 0) is 6.54 Å². The number of hydrogen-bond acceptors (Lipinski definition) is 5. The molecule has 0 atom stereocenters. The zero-order valence-corrected chi connectivity index (χ0v) is 6.40. The van der Waals surface area contributed by atoms with Crippen molar-refractivity contribution < 1.29 is 0 Å². The summed E-state index contributed by atoms with van der Waals surface area (Å²) in [4.78, 5) is 4.09. The molecule has 6 heteroatoms. The zero-order chi connectivity index (χ0) is 7.52. The van der Waals surface area contributed by atoms with Gasteiger partial charge in [0, 0.05) is 5.38 Å². The Balaban J connectivity index is 2.14. The summed E-state index contributed by atoms with van der Waals surface area (Å²) in [5.41, 5.74) is 2.78. The summed E-state index contributed by atoms with van der Waals surface area (Å²) >= 11 is 1.57. The third kappa shape index (κ3) is 1.40. The van der Waals surface area contributed by atoms with E-state index in [0.717, 1.165) is 5.69 Å². The molecule has 0 aromatic carbocycles. The minimum Gasteiger partial charge on any atom is -0.248 e. The van der Waals surface area contributed by atoms with Gasteiger partial charge in [-0.15, -0.1) is 16.4 Å². The Morgan fingerprint density at radius 3 is 3.18 bits per heavy atom. The van der Waals surface area contributed by atoms with Gasteiger partial charge in [0.1, 0.15) is 6.33 Å². The van der Waals surface area contributed by atoms with Crippen molar-refractivity contribution in [1.29, 1.82) is 0 Å². The standard InChI is InChI=1S/C5H5N5S/c1(5-2-11-4-6-5)10-3-7-8-9-10/h2-4H,1H2. The highest BCUT2D eigenvalue weighted by Gasteiger charge is 1.96. The Kier molecular flexibility index (Phi) is 1.60. The predicted octanol–water partition coefficient (Wildman–Crippen LogP) is 0.178. The van der Waals surface area contributed by atoms with E-state index in [9.17, 15) is 0 Å². The van der Waals surface area contributed by atoms with E-state index in [1.165, 1.54) is 0 Å². The molecular formula is C5H5N5S. The van der Waals surface area contributed by atoms with Crippen LogP contribution in [-0.4, -0.2) is 25.2 Å². The Labute approximate surface area is 66.7 Å². The number of nitrogens with zero attached hydrogens (tertiary/aromatic N) is 5. The number of rotatable bonds is 2. The van der Waals surface area contributed by atoms with Gasteiger partial charge in [0.2, 0.25) is 0 Å². The zero-order valence-electron chi connectivity index (χ0n) is 5.58. The third-order valence-corrected chi connectivity index (χ3v) is 1.83. The van der Waals surface area contributed by atoms with Gasteiger partial charge in [-0.3, -0.25) is 0 Å². The van der Waals surface area contributed by atoms with Crippen LogP contribution in [0, 0.1) is 0 Å². The summed E-state index contributed by atoms with van der Waals surface area (Å²) in [5.74, 6) is 0. The van der Waals surface area contributed by atoms with Gasteiger partial charge in [0.15, 0.2) is 0 Å². The van der Waals surface area contributed by atoms with Crippen LogP contribution < -0.4 is 0 Å². The predicted molar refractivity (Wildman–Crippen MR) is 39.0 cm³/mol. The number of tetrazole rings is 1. The van der Waals surface area contributed by atoms with Crippen molar-refractivity contribution in [2.45, 2.75) is 6.54 Å². The molecule has 0 aliphatic rings. The first-order valence-electron chi connectivity index (χ1n) is 3.03. The summed E-state index contributed by atoms with van der Waals surface area (Å²) in [6.45, 7) is 0.649. The normalized spacial score (nSPS) is 10.2. The fraction of sp³-hybridized carbons (Fsp3) is 0.200. The molecule has 2 rings (SSSR count). The summed E-state index contributed by atoms with van der Waals surface area (Å²) in [7, 11) is 0. The van der Waals surface area contributed by atoms with Crippen LogP contribution in [0.3, 0.4) is 0 Å². The van der Waals surface area contributed by atoms with E-state index < -0.39 is 0 Å². The molecule has 0 radical (unpaired) electrons. The van der Waals surface area contributed by atoms with Gasteiger partial charge in [0.05, 0.1) is 17.7 Å². The molecule has 0 unspecified atom stereocenters. The highest BCUT2D eigenvalue weighted by molar-refractivity contribution is 7.07. The van der Waals surface area contributed by atoms with Crippen LogP contribution in [0.15, 0.2) is 17.2 Å². The summed E-state index contributed by atoms with van der Waals surface area (Å²) in [6.07, 6.45) is 1.57. The van der Waals surface area contributed by atoms with Gasteiger partial charge in [-0.05, 0) is 10.4 Å². The molecule has 0 bridgehead atoms. The molecule has 56 valence electrons. The van der Waals surface area contributed by atoms with E-state index in [2.05, 4.69) is 20.5 Å². The van der Waals surface area contributed by atoms with Gasteiger partial charge in [-0.1, -0.05) is 0 Å². The van der Waals surface area contributed by atoms with Crippen molar-refractivity contribution in [1.82, 2.24) is 25.2 Å². The van der Waals surface area contributed by atoms with E-state index in [1.807, 2.05) is 5.38 Å². The van der Waals surface area contributed by atoms with Crippen LogP contribution in [0.5, 0.6) is 0 Å². The smallest absolute Gasteiger partial charge is 0.138 e. The Hall–Kier alpha value is -1.30. The number of thiazole rings is 1. The minimum atomic E-state index is 0.649. The van der Waals surface area contributed by atoms with E-state index in [4.69, 9.17) is 0 Å². The fourth-order valence-electron chi connectivity index (χ4n) is 0.734. The van der Waals surface area contributed by atoms with E-state index in [1.54, 1.807) is 27.9 Å². The molecule has 0 aliphatic carbocycles. The third-order valence-electron chi connectivity index (χ3n) is 1.20. The molecule has 0 saturated carbocycles. The lowest BCUT2D eigenvalue weighted by molar-refractivity contribution is 0.640. The second kappa shape index (κ2) is 2.75. The Morgan fingerprint density at radius 1 is 1.55 bits per heavy atom. The fourth-order valence-corrected chi connectivity index (χ4v) is 1.28. The van der Waals surface area contributed by atoms with Crippen molar-refractivity contribution in [2.75, 3.05) is 0 Å². The van der Waals surface area contributed by atoms with Crippen molar-refractivity contribution in [3.63, 3.8) is 0 Å². The van der Waals surface area contributed by atoms with E-state index in [-0.39, 0.29) is 0 Å². The van der Waals surface area contributed by atoms with E-state index in [0.29, 0.717) is 6.54 Å². The highest BCUT2D eigenvalue weighted by Crippen LogP contribution is 2.01. The Bertz CT molecular complexity index is 267. The summed E-state index contributed by atoms with van der Waals surface area (Å²) in [6, 6.07) is 0. The topological polar surface area (TPSA) is 56.5 Å². The van der Waals surface area contributed by atoms with Crippen LogP contribution in [0.1, 0.15) is 5.69 Å². The average molecular weight is 167 g/mol. The lowest BCUT2D eigenvalue weighted by Gasteiger charge is -1.91. The van der Waals surface area contributed by atoms with Crippen molar-refractivity contribution in [3.05, 3.63) is 22.9 Å². The number of hydrogen-bond donors (Lipinski definition) is 0. The first-order chi connectivity index (χ1) is 5.45. The molecule has 11 heavy (non-hydrogen) atoms. The maximum absolute atomic E-state index is 4.09. The summed E-state index contributed by atoms with van der Waals surface area (Å²) in [5, 5.41) is 12.7. The average Bonchev–Trinajstić information content (AvgIpc) is 2.60. The monoisotopic (exact) mass is 167 g/mol. The molecule has 0 N–H and O–H groups in total. The van der Waals surface area contributed by atoms with Crippen LogP contribution in [0.2, 0.25) is 0 Å². The highest BCUT2D eigenvalue weighted by atomic mass is 32.1. The lowest BCUT2D eigenvalue weighted by Crippen LogP contribution is -2.00. The minimum absolute atomic E-state index is 0.649. The molecule has 0 spiro atoms. The van der Waals surface area contributed by atoms with Gasteiger partial charge in [0.25, 0.3) is 0 Å². The summed E-state index contributed by atoms with van der Waals surface area (Å²) < 4.78 is 1.63. The van der Waals surface area contributed by atoms with Gasteiger partial charge < -0.3 is 0 Å². The van der Waals surface area contributed by atoms with Crippen LogP contribution in [0.25, 0.3) is 0 Å². The molecule has 0 aliphatic heterocycles. The molecular weight excluding hydrogens is 162 g/mol. The maximum atomic E-state index is 4.09. The van der Waals surface area contributed by atoms with Crippen molar-refractivity contribution in [2.24, 2.45) is 0 Å². The van der Waals surface area contributed by atoms with Crippen LogP contribution in [0.4, 0.5) is 0 Å². The molecule has 0 amide bonds. The first kappa shape index (κ1) is 6.41. The molecule has 2 heterocycles.